The molecule has 0 aromatic heterocycles. The summed E-state index contributed by atoms with van der Waals surface area (Å²) in [5.41, 5.74) is 13.0. The van der Waals surface area contributed by atoms with Crippen LogP contribution in [0.15, 0.2) is 42.5 Å². The van der Waals surface area contributed by atoms with Crippen LogP contribution in [0.2, 0.25) is 0 Å². The first kappa shape index (κ1) is 27.2. The number of nitrogens with two attached hydrogens (primary N) is 1. The Labute approximate surface area is 189 Å². The fourth-order valence-corrected chi connectivity index (χ4v) is 2.34. The summed E-state index contributed by atoms with van der Waals surface area (Å²) in [4.78, 5) is 12.0. The van der Waals surface area contributed by atoms with Gasteiger partial charge in [0.15, 0.2) is 11.5 Å². The molecule has 0 spiro atoms. The summed E-state index contributed by atoms with van der Waals surface area (Å²) in [6.45, 7) is 6.39. The summed E-state index contributed by atoms with van der Waals surface area (Å²) in [6, 6.07) is 12.3. The van der Waals surface area contributed by atoms with E-state index in [0.29, 0.717) is 29.4 Å². The van der Waals surface area contributed by atoms with Gasteiger partial charge in [0.1, 0.15) is 5.84 Å². The normalized spacial score (nSPS) is 9.60. The average Bonchev–Trinajstić information content (AvgIpc) is 2.66. The number of carbonyl (C=O) groups is 1. The number of benzene rings is 2. The van der Waals surface area contributed by atoms with Crippen LogP contribution in [0.5, 0.6) is 11.5 Å². The van der Waals surface area contributed by atoms with Gasteiger partial charge in [-0.1, -0.05) is 0 Å². The highest BCUT2D eigenvalue weighted by molar-refractivity contribution is 5.95. The number of hydrogen-bond acceptors (Lipinski definition) is 6. The molecule has 8 nitrogen and oxygen atoms in total. The van der Waals surface area contributed by atoms with Crippen molar-refractivity contribution in [2.45, 2.75) is 26.9 Å². The van der Waals surface area contributed by atoms with Crippen LogP contribution in [0, 0.1) is 5.41 Å². The van der Waals surface area contributed by atoms with Crippen LogP contribution in [0.4, 0.5) is 11.4 Å². The van der Waals surface area contributed by atoms with Crippen molar-refractivity contribution in [2.75, 3.05) is 23.9 Å². The molecule has 0 radical (unpaired) electrons. The van der Waals surface area contributed by atoms with E-state index >= 15 is 0 Å². The molecule has 0 atom stereocenters. The lowest BCUT2D eigenvalue weighted by Gasteiger charge is -2.16. The number of amides is 1. The monoisotopic (exact) mass is 457 g/mol. The number of nitrogen functional groups attached to an aromatic ring is 1. The van der Waals surface area contributed by atoms with Gasteiger partial charge in [0, 0.05) is 17.3 Å². The van der Waals surface area contributed by atoms with E-state index < -0.39 is 0 Å². The van der Waals surface area contributed by atoms with Gasteiger partial charge in [-0.3, -0.25) is 21.1 Å². The molecule has 2 rings (SSSR count). The predicted octanol–water partition coefficient (Wildman–Crippen LogP) is 3.56. The lowest BCUT2D eigenvalue weighted by atomic mass is 10.2. The molecule has 0 unspecified atom stereocenters. The summed E-state index contributed by atoms with van der Waals surface area (Å²) >= 11 is 0. The second-order valence-corrected chi connectivity index (χ2v) is 6.28. The number of ether oxygens (including phenoxy) is 2. The van der Waals surface area contributed by atoms with E-state index in [0.717, 1.165) is 5.69 Å². The molecule has 0 aliphatic carbocycles. The zero-order valence-corrected chi connectivity index (χ0v) is 18.8. The maximum atomic E-state index is 12.0. The topological polar surface area (TPSA) is 121 Å². The molecule has 1 amide bonds. The minimum Gasteiger partial charge on any atom is -0.490 e. The Morgan fingerprint density at radius 1 is 1.07 bits per heavy atom. The van der Waals surface area contributed by atoms with E-state index in [-0.39, 0.29) is 49.2 Å². The van der Waals surface area contributed by atoms with Crippen molar-refractivity contribution in [1.82, 2.24) is 5.43 Å². The largest absolute Gasteiger partial charge is 0.490 e. The number of hydrazine groups is 1. The summed E-state index contributed by atoms with van der Waals surface area (Å²) in [7, 11) is 0. The fourth-order valence-electron chi connectivity index (χ4n) is 2.34. The van der Waals surface area contributed by atoms with Gasteiger partial charge in [0.25, 0.3) is 5.91 Å². The van der Waals surface area contributed by atoms with Gasteiger partial charge in [-0.05, 0) is 57.2 Å². The van der Waals surface area contributed by atoms with Crippen LogP contribution in [-0.2, 0) is 4.79 Å². The third kappa shape index (κ3) is 8.67. The molecule has 10 heteroatoms. The van der Waals surface area contributed by atoms with Crippen molar-refractivity contribution >= 4 is 47.9 Å². The van der Waals surface area contributed by atoms with Crippen molar-refractivity contribution in [1.29, 1.82) is 5.41 Å². The van der Waals surface area contributed by atoms with Crippen LogP contribution in [0.1, 0.15) is 26.3 Å². The molecule has 166 valence electrons. The molecule has 0 saturated carbocycles. The minimum atomic E-state index is -0.240. The van der Waals surface area contributed by atoms with Gasteiger partial charge in [0.05, 0.1) is 24.9 Å². The molecule has 0 aliphatic heterocycles. The Hall–Kier alpha value is -2.84. The van der Waals surface area contributed by atoms with Gasteiger partial charge in [-0.25, -0.2) is 0 Å². The maximum absolute atomic E-state index is 12.0. The number of amidine groups is 1. The predicted molar refractivity (Wildman–Crippen MR) is 126 cm³/mol. The van der Waals surface area contributed by atoms with Crippen LogP contribution in [-0.4, -0.2) is 31.0 Å². The molecule has 30 heavy (non-hydrogen) atoms. The Kier molecular flexibility index (Phi) is 12.1. The van der Waals surface area contributed by atoms with Gasteiger partial charge >= 0.3 is 0 Å². The third-order valence-electron chi connectivity index (χ3n) is 3.60. The molecule has 2 aromatic rings. The van der Waals surface area contributed by atoms with Crippen LogP contribution in [0.3, 0.4) is 0 Å². The molecule has 0 heterocycles. The molecular formula is C20H29Cl2N5O3. The second kappa shape index (κ2) is 13.4. The number of nitrogens with one attached hydrogen (secondary N) is 4. The lowest BCUT2D eigenvalue weighted by molar-refractivity contribution is -0.118. The summed E-state index contributed by atoms with van der Waals surface area (Å²) in [5, 5.41) is 10.4. The first-order chi connectivity index (χ1) is 13.4. The lowest BCUT2D eigenvalue weighted by Crippen LogP contribution is -2.34. The summed E-state index contributed by atoms with van der Waals surface area (Å²) < 4.78 is 11.3. The van der Waals surface area contributed by atoms with Crippen LogP contribution < -0.4 is 31.4 Å². The van der Waals surface area contributed by atoms with Gasteiger partial charge in [-0.2, -0.15) is 0 Å². The fraction of sp³-hybridized carbons (Fsp3) is 0.300. The minimum absolute atomic E-state index is 0. The number of carbonyl (C=O) groups excluding carboxylic acids is 1. The first-order valence-corrected chi connectivity index (χ1v) is 9.05. The number of hydrogen-bond donors (Lipinski definition) is 5. The van der Waals surface area contributed by atoms with Gasteiger partial charge < -0.3 is 20.5 Å². The number of anilines is 2. The van der Waals surface area contributed by atoms with Gasteiger partial charge in [0.2, 0.25) is 0 Å². The highest BCUT2D eigenvalue weighted by Crippen LogP contribution is 2.31. The zero-order chi connectivity index (χ0) is 20.5. The Morgan fingerprint density at radius 2 is 1.70 bits per heavy atom. The highest BCUT2D eigenvalue weighted by atomic mass is 35.5. The highest BCUT2D eigenvalue weighted by Gasteiger charge is 2.09. The van der Waals surface area contributed by atoms with Crippen molar-refractivity contribution in [3.63, 3.8) is 0 Å². The SMILES string of the molecule is CCOc1cc(NNC(=O)CNc2ccc(C(=N)N)cc2)ccc1OC(C)C.Cl.Cl. The quantitative estimate of drug-likeness (QED) is 0.211. The number of rotatable bonds is 10. The van der Waals surface area contributed by atoms with Crippen LogP contribution in [0.25, 0.3) is 0 Å². The molecule has 6 N–H and O–H groups in total. The van der Waals surface area contributed by atoms with Crippen molar-refractivity contribution in [2.24, 2.45) is 5.73 Å². The molecule has 2 aromatic carbocycles. The Bertz CT molecular complexity index is 817. The number of halogens is 2. The Balaban J connectivity index is 0.00000420. The third-order valence-corrected chi connectivity index (χ3v) is 3.60. The maximum Gasteiger partial charge on any atom is 0.257 e. The Morgan fingerprint density at radius 3 is 2.27 bits per heavy atom. The van der Waals surface area contributed by atoms with Crippen molar-refractivity contribution in [3.8, 4) is 11.5 Å². The van der Waals surface area contributed by atoms with Crippen molar-refractivity contribution < 1.29 is 14.3 Å². The van der Waals surface area contributed by atoms with Crippen molar-refractivity contribution in [3.05, 3.63) is 48.0 Å². The van der Waals surface area contributed by atoms with E-state index in [1.54, 1.807) is 42.5 Å². The van der Waals surface area contributed by atoms with E-state index in [4.69, 9.17) is 20.6 Å². The summed E-state index contributed by atoms with van der Waals surface area (Å²) in [6.07, 6.45) is 0.0355. The van der Waals surface area contributed by atoms with Crippen LogP contribution >= 0.6 is 24.8 Å². The van der Waals surface area contributed by atoms with E-state index in [1.165, 1.54) is 0 Å². The van der Waals surface area contributed by atoms with E-state index in [2.05, 4.69) is 16.2 Å². The molecule has 0 fully saturated rings. The second-order valence-electron chi connectivity index (χ2n) is 6.28. The molecule has 0 aliphatic rings. The first-order valence-electron chi connectivity index (χ1n) is 9.05. The molecular weight excluding hydrogens is 429 g/mol. The average molecular weight is 458 g/mol. The van der Waals surface area contributed by atoms with E-state index in [1.807, 2.05) is 20.8 Å². The zero-order valence-electron chi connectivity index (χ0n) is 17.2. The molecule has 0 saturated heterocycles. The smallest absolute Gasteiger partial charge is 0.257 e. The van der Waals surface area contributed by atoms with Gasteiger partial charge in [-0.15, -0.1) is 24.8 Å². The molecule has 0 bridgehead atoms. The summed E-state index contributed by atoms with van der Waals surface area (Å²) in [5.74, 6) is 1.03. The standard InChI is InChI=1S/C20H27N5O3.2ClH/c1-4-27-18-11-16(9-10-17(18)28-13(2)3)24-25-19(26)12-23-15-7-5-14(6-8-15)20(21)22;;/h5-11,13,23-24H,4,12H2,1-3H3,(H3,21,22)(H,25,26);2*1H. The van der Waals surface area contributed by atoms with E-state index in [9.17, 15) is 4.79 Å².